The number of hydrogen-bond donors (Lipinski definition) is 0. The molecule has 0 atom stereocenters. The SMILES string of the molecule is c1ccc(-c2c3ccccc3c(-c3ccc4cc(-c5ccc6sc7cc8c(ccc9sc%10ccccc%10c98)cc7c6c5)ccc4c3)c3ccccc23)cc1. The van der Waals surface area contributed by atoms with E-state index in [1.165, 1.54) is 117 Å². The lowest BCUT2D eigenvalue weighted by Crippen LogP contribution is -1.90. The van der Waals surface area contributed by atoms with Crippen molar-refractivity contribution in [3.63, 3.8) is 0 Å². The predicted molar refractivity (Wildman–Crippen MR) is 239 cm³/mol. The van der Waals surface area contributed by atoms with Crippen LogP contribution in [0.2, 0.25) is 0 Å². The van der Waals surface area contributed by atoms with Crippen LogP contribution in [0.3, 0.4) is 0 Å². The number of rotatable bonds is 3. The lowest BCUT2D eigenvalue weighted by molar-refractivity contribution is 1.66. The summed E-state index contributed by atoms with van der Waals surface area (Å²) in [5.41, 5.74) is 7.58. The topological polar surface area (TPSA) is 0 Å². The van der Waals surface area contributed by atoms with Crippen molar-refractivity contribution in [1.82, 2.24) is 0 Å². The molecular formula is C52H30S2. The molecule has 12 aromatic rings. The third kappa shape index (κ3) is 4.48. The van der Waals surface area contributed by atoms with E-state index in [0.717, 1.165) is 0 Å². The van der Waals surface area contributed by atoms with Crippen LogP contribution >= 0.6 is 22.7 Å². The third-order valence-electron chi connectivity index (χ3n) is 11.4. The summed E-state index contributed by atoms with van der Waals surface area (Å²) >= 11 is 3.79. The van der Waals surface area contributed by atoms with E-state index >= 15 is 0 Å². The van der Waals surface area contributed by atoms with Gasteiger partial charge in [-0.15, -0.1) is 22.7 Å². The van der Waals surface area contributed by atoms with Gasteiger partial charge in [0.25, 0.3) is 0 Å². The summed E-state index contributed by atoms with van der Waals surface area (Å²) in [6.07, 6.45) is 0. The zero-order valence-corrected chi connectivity index (χ0v) is 30.8. The van der Waals surface area contributed by atoms with Crippen molar-refractivity contribution in [1.29, 1.82) is 0 Å². The second kappa shape index (κ2) is 11.6. The lowest BCUT2D eigenvalue weighted by Gasteiger charge is -2.18. The summed E-state index contributed by atoms with van der Waals surface area (Å²) in [5, 5.41) is 15.7. The monoisotopic (exact) mass is 718 g/mol. The Labute approximate surface area is 319 Å². The van der Waals surface area contributed by atoms with Gasteiger partial charge in [0, 0.05) is 40.3 Å². The van der Waals surface area contributed by atoms with Crippen molar-refractivity contribution in [2.24, 2.45) is 0 Å². The van der Waals surface area contributed by atoms with E-state index in [-0.39, 0.29) is 0 Å². The molecule has 0 nitrogen and oxygen atoms in total. The lowest BCUT2D eigenvalue weighted by atomic mass is 9.85. The molecule has 2 heterocycles. The predicted octanol–water partition coefficient (Wildman–Crippen LogP) is 16.0. The van der Waals surface area contributed by atoms with Crippen molar-refractivity contribution < 1.29 is 0 Å². The minimum absolute atomic E-state index is 1.24. The van der Waals surface area contributed by atoms with Gasteiger partial charge in [-0.3, -0.25) is 0 Å². The molecule has 0 aliphatic heterocycles. The van der Waals surface area contributed by atoms with Crippen LogP contribution in [0, 0.1) is 0 Å². The normalized spacial score (nSPS) is 12.1. The number of thiophene rings is 2. The number of hydrogen-bond acceptors (Lipinski definition) is 2. The van der Waals surface area contributed by atoms with Gasteiger partial charge in [-0.1, -0.05) is 133 Å². The second-order valence-electron chi connectivity index (χ2n) is 14.4. The smallest absolute Gasteiger partial charge is 0.0362 e. The van der Waals surface area contributed by atoms with Crippen LogP contribution in [0.15, 0.2) is 182 Å². The van der Waals surface area contributed by atoms with Gasteiger partial charge in [0.2, 0.25) is 0 Å². The Balaban J connectivity index is 0.979. The van der Waals surface area contributed by atoms with Gasteiger partial charge in [-0.05, 0) is 125 Å². The van der Waals surface area contributed by atoms with Crippen LogP contribution in [0.1, 0.15) is 0 Å². The second-order valence-corrected chi connectivity index (χ2v) is 16.6. The summed E-state index contributed by atoms with van der Waals surface area (Å²) in [5.74, 6) is 0. The van der Waals surface area contributed by atoms with Gasteiger partial charge >= 0.3 is 0 Å². The molecule has 0 bridgehead atoms. The first-order valence-corrected chi connectivity index (χ1v) is 20.1. The van der Waals surface area contributed by atoms with Crippen LogP contribution < -0.4 is 0 Å². The Morgan fingerprint density at radius 2 is 0.741 bits per heavy atom. The summed E-state index contributed by atoms with van der Waals surface area (Å²) in [6.45, 7) is 0. The average molecular weight is 719 g/mol. The number of benzene rings is 10. The molecule has 0 unspecified atom stereocenters. The molecule has 12 rings (SSSR count). The van der Waals surface area contributed by atoms with Crippen LogP contribution in [-0.4, -0.2) is 0 Å². The van der Waals surface area contributed by atoms with Gasteiger partial charge in [0.05, 0.1) is 0 Å². The zero-order chi connectivity index (χ0) is 35.3. The van der Waals surface area contributed by atoms with Crippen molar-refractivity contribution in [3.05, 3.63) is 182 Å². The fourth-order valence-corrected chi connectivity index (χ4v) is 11.2. The summed E-state index contributed by atoms with van der Waals surface area (Å²) in [6, 6.07) is 67.9. The fourth-order valence-electron chi connectivity index (χ4n) is 8.93. The van der Waals surface area contributed by atoms with Crippen molar-refractivity contribution in [2.75, 3.05) is 0 Å². The largest absolute Gasteiger partial charge is 0.135 e. The first-order valence-electron chi connectivity index (χ1n) is 18.5. The molecule has 250 valence electrons. The highest BCUT2D eigenvalue weighted by atomic mass is 32.1. The van der Waals surface area contributed by atoms with E-state index in [0.29, 0.717) is 0 Å². The summed E-state index contributed by atoms with van der Waals surface area (Å²) in [4.78, 5) is 0. The van der Waals surface area contributed by atoms with E-state index in [1.807, 2.05) is 22.7 Å². The van der Waals surface area contributed by atoms with E-state index in [2.05, 4.69) is 182 Å². The van der Waals surface area contributed by atoms with Gasteiger partial charge in [-0.2, -0.15) is 0 Å². The first-order chi connectivity index (χ1) is 26.7. The minimum Gasteiger partial charge on any atom is -0.135 e. The van der Waals surface area contributed by atoms with Crippen molar-refractivity contribution >= 4 is 106 Å². The quantitative estimate of drug-likeness (QED) is 0.160. The Hall–Kier alpha value is -6.32. The molecule has 0 aliphatic carbocycles. The molecule has 0 saturated carbocycles. The van der Waals surface area contributed by atoms with Gasteiger partial charge in [-0.25, -0.2) is 0 Å². The molecule has 0 aliphatic rings. The Morgan fingerprint density at radius 1 is 0.241 bits per heavy atom. The van der Waals surface area contributed by atoms with E-state index in [9.17, 15) is 0 Å². The fraction of sp³-hybridized carbons (Fsp3) is 0. The first kappa shape index (κ1) is 30.2. The molecule has 0 amide bonds. The van der Waals surface area contributed by atoms with Gasteiger partial charge in [0.15, 0.2) is 0 Å². The average Bonchev–Trinajstić information content (AvgIpc) is 3.79. The van der Waals surface area contributed by atoms with Crippen LogP contribution in [0.4, 0.5) is 0 Å². The molecule has 0 radical (unpaired) electrons. The van der Waals surface area contributed by atoms with E-state index in [1.54, 1.807) is 0 Å². The van der Waals surface area contributed by atoms with Gasteiger partial charge in [0.1, 0.15) is 0 Å². The maximum absolute atomic E-state index is 2.44. The van der Waals surface area contributed by atoms with Crippen molar-refractivity contribution in [3.8, 4) is 33.4 Å². The van der Waals surface area contributed by atoms with Crippen LogP contribution in [0.5, 0.6) is 0 Å². The third-order valence-corrected chi connectivity index (χ3v) is 13.7. The molecule has 0 N–H and O–H groups in total. The minimum atomic E-state index is 1.24. The summed E-state index contributed by atoms with van der Waals surface area (Å²) < 4.78 is 5.39. The highest BCUT2D eigenvalue weighted by molar-refractivity contribution is 7.26. The van der Waals surface area contributed by atoms with Gasteiger partial charge < -0.3 is 0 Å². The Bertz CT molecular complexity index is 3430. The van der Waals surface area contributed by atoms with Crippen LogP contribution in [0.25, 0.3) is 117 Å². The molecule has 0 spiro atoms. The molecular weight excluding hydrogens is 689 g/mol. The zero-order valence-electron chi connectivity index (χ0n) is 29.1. The highest BCUT2D eigenvalue weighted by Gasteiger charge is 2.17. The molecule has 2 heteroatoms. The molecule has 54 heavy (non-hydrogen) atoms. The molecule has 10 aromatic carbocycles. The van der Waals surface area contributed by atoms with E-state index < -0.39 is 0 Å². The molecule has 0 saturated heterocycles. The molecule has 0 fully saturated rings. The van der Waals surface area contributed by atoms with Crippen LogP contribution in [-0.2, 0) is 0 Å². The Kier molecular flexibility index (Phi) is 6.48. The Morgan fingerprint density at radius 3 is 1.48 bits per heavy atom. The van der Waals surface area contributed by atoms with Crippen molar-refractivity contribution in [2.45, 2.75) is 0 Å². The number of fused-ring (bicyclic) bond motifs is 11. The standard InChI is InChI=1S/C52H30S2/c1-2-10-31(11-3-1)50-38-12-4-6-14-40(38)51(41-15-7-5-13-39(41)50)37-21-20-32-26-33(18-19-34(32)27-37)35-22-24-47-44(28-35)45-29-36-23-25-48-52(43(36)30-49(45)54-47)42-16-8-9-17-46(42)53-48/h1-30H. The molecule has 2 aromatic heterocycles. The maximum Gasteiger partial charge on any atom is 0.0362 e. The summed E-state index contributed by atoms with van der Waals surface area (Å²) in [7, 11) is 0. The van der Waals surface area contributed by atoms with E-state index in [4.69, 9.17) is 0 Å². The highest BCUT2D eigenvalue weighted by Crippen LogP contribution is 2.46. The maximum atomic E-state index is 2.44.